The van der Waals surface area contributed by atoms with Crippen molar-refractivity contribution >= 4 is 34.4 Å². The SMILES string of the molecule is O=C1C(Nc2ccc(F)c(F)c2)=C(c2ccccc2)C(=O)N1c1ccc(N2CCCCC2)cc1. The highest BCUT2D eigenvalue weighted by Gasteiger charge is 2.40. The Kier molecular flexibility index (Phi) is 5.84. The number of halogens is 2. The smallest absolute Gasteiger partial charge is 0.282 e. The van der Waals surface area contributed by atoms with Gasteiger partial charge in [0.1, 0.15) is 5.70 Å². The number of nitrogens with one attached hydrogen (secondary N) is 1. The molecule has 2 aliphatic heterocycles. The van der Waals surface area contributed by atoms with Crippen LogP contribution in [0.25, 0.3) is 5.57 Å². The minimum absolute atomic E-state index is 0.0160. The molecule has 2 aliphatic rings. The molecule has 0 bridgehead atoms. The van der Waals surface area contributed by atoms with E-state index in [-0.39, 0.29) is 17.0 Å². The van der Waals surface area contributed by atoms with Crippen molar-refractivity contribution in [1.29, 1.82) is 0 Å². The monoisotopic (exact) mass is 459 g/mol. The first kappa shape index (κ1) is 21.8. The molecule has 2 amide bonds. The van der Waals surface area contributed by atoms with E-state index in [2.05, 4.69) is 10.2 Å². The van der Waals surface area contributed by atoms with Gasteiger partial charge in [-0.2, -0.15) is 0 Å². The maximum Gasteiger partial charge on any atom is 0.282 e. The Bertz CT molecular complexity index is 1270. The van der Waals surface area contributed by atoms with E-state index in [1.165, 1.54) is 12.5 Å². The molecule has 7 heteroatoms. The third-order valence-electron chi connectivity index (χ3n) is 6.16. The van der Waals surface area contributed by atoms with Crippen molar-refractivity contribution < 1.29 is 18.4 Å². The highest BCUT2D eigenvalue weighted by atomic mass is 19.2. The second kappa shape index (κ2) is 9.09. The number of imide groups is 1. The minimum Gasteiger partial charge on any atom is -0.372 e. The van der Waals surface area contributed by atoms with Crippen molar-refractivity contribution in [2.45, 2.75) is 19.3 Å². The summed E-state index contributed by atoms with van der Waals surface area (Å²) in [4.78, 5) is 30.3. The lowest BCUT2D eigenvalue weighted by Gasteiger charge is -2.29. The van der Waals surface area contributed by atoms with Crippen molar-refractivity contribution in [2.24, 2.45) is 0 Å². The Morgan fingerprint density at radius 3 is 2.06 bits per heavy atom. The van der Waals surface area contributed by atoms with E-state index < -0.39 is 23.4 Å². The topological polar surface area (TPSA) is 52.7 Å². The maximum atomic E-state index is 13.8. The molecule has 0 radical (unpaired) electrons. The standard InChI is InChI=1S/C27H23F2N3O2/c28-22-14-9-19(17-23(22)29)30-25-24(18-7-3-1-4-8-18)26(33)32(27(25)34)21-12-10-20(11-13-21)31-15-5-2-6-16-31/h1,3-4,7-14,17,30H,2,5-6,15-16H2. The molecule has 3 aromatic carbocycles. The molecule has 1 saturated heterocycles. The van der Waals surface area contributed by atoms with Gasteiger partial charge in [0, 0.05) is 30.5 Å². The van der Waals surface area contributed by atoms with Crippen LogP contribution in [0.2, 0.25) is 0 Å². The van der Waals surface area contributed by atoms with Crippen LogP contribution in [0.15, 0.2) is 78.5 Å². The Hall–Kier alpha value is -4.00. The van der Waals surface area contributed by atoms with E-state index >= 15 is 0 Å². The molecule has 0 atom stereocenters. The molecular weight excluding hydrogens is 436 g/mol. The van der Waals surface area contributed by atoms with Gasteiger partial charge in [-0.1, -0.05) is 30.3 Å². The number of rotatable bonds is 5. The number of carbonyl (C=O) groups is 2. The van der Waals surface area contributed by atoms with Gasteiger partial charge in [-0.05, 0) is 61.2 Å². The second-order valence-corrected chi connectivity index (χ2v) is 8.38. The van der Waals surface area contributed by atoms with Crippen LogP contribution in [0, 0.1) is 11.6 Å². The summed E-state index contributed by atoms with van der Waals surface area (Å²) in [5.74, 6) is -3.08. The molecule has 5 rings (SSSR count). The molecule has 1 fully saturated rings. The Labute approximate surface area is 196 Å². The summed E-state index contributed by atoms with van der Waals surface area (Å²) < 4.78 is 27.2. The number of benzene rings is 3. The van der Waals surface area contributed by atoms with Crippen molar-refractivity contribution in [1.82, 2.24) is 0 Å². The largest absolute Gasteiger partial charge is 0.372 e. The average Bonchev–Trinajstić information content (AvgIpc) is 3.11. The minimum atomic E-state index is -1.05. The summed E-state index contributed by atoms with van der Waals surface area (Å²) in [6.45, 7) is 1.98. The van der Waals surface area contributed by atoms with Gasteiger partial charge in [-0.15, -0.1) is 0 Å². The lowest BCUT2D eigenvalue weighted by Crippen LogP contribution is -2.32. The molecule has 3 aromatic rings. The van der Waals surface area contributed by atoms with Crippen LogP contribution in [0.4, 0.5) is 25.8 Å². The molecule has 1 N–H and O–H groups in total. The molecule has 0 unspecified atom stereocenters. The number of hydrogen-bond donors (Lipinski definition) is 1. The fraction of sp³-hybridized carbons (Fsp3) is 0.185. The fourth-order valence-electron chi connectivity index (χ4n) is 4.44. The lowest BCUT2D eigenvalue weighted by molar-refractivity contribution is -0.120. The zero-order valence-electron chi connectivity index (χ0n) is 18.4. The van der Waals surface area contributed by atoms with Crippen molar-refractivity contribution in [3.8, 4) is 0 Å². The van der Waals surface area contributed by atoms with E-state index in [0.29, 0.717) is 11.3 Å². The molecule has 34 heavy (non-hydrogen) atoms. The number of nitrogens with zero attached hydrogens (tertiary/aromatic N) is 2. The summed E-state index contributed by atoms with van der Waals surface area (Å²) in [5, 5.41) is 2.85. The number of carbonyl (C=O) groups excluding carboxylic acids is 2. The van der Waals surface area contributed by atoms with Crippen LogP contribution < -0.4 is 15.1 Å². The van der Waals surface area contributed by atoms with Gasteiger partial charge in [0.15, 0.2) is 11.6 Å². The average molecular weight is 459 g/mol. The van der Waals surface area contributed by atoms with Gasteiger partial charge >= 0.3 is 0 Å². The first-order chi connectivity index (χ1) is 16.5. The summed E-state index contributed by atoms with van der Waals surface area (Å²) in [6.07, 6.45) is 3.52. The maximum absolute atomic E-state index is 13.8. The zero-order valence-corrected chi connectivity index (χ0v) is 18.4. The van der Waals surface area contributed by atoms with Gasteiger partial charge in [-0.25, -0.2) is 13.7 Å². The van der Waals surface area contributed by atoms with Crippen LogP contribution in [-0.2, 0) is 9.59 Å². The van der Waals surface area contributed by atoms with Gasteiger partial charge in [-0.3, -0.25) is 9.59 Å². The third-order valence-corrected chi connectivity index (χ3v) is 6.16. The normalized spacial score (nSPS) is 16.4. The number of amides is 2. The first-order valence-corrected chi connectivity index (χ1v) is 11.3. The van der Waals surface area contributed by atoms with E-state index in [9.17, 15) is 18.4 Å². The summed E-state index contributed by atoms with van der Waals surface area (Å²) in [7, 11) is 0. The quantitative estimate of drug-likeness (QED) is 0.523. The predicted octanol–water partition coefficient (Wildman–Crippen LogP) is 5.35. The third kappa shape index (κ3) is 4.05. The Balaban J connectivity index is 1.49. The highest BCUT2D eigenvalue weighted by Crippen LogP contribution is 2.35. The second-order valence-electron chi connectivity index (χ2n) is 8.38. The number of piperidine rings is 1. The van der Waals surface area contributed by atoms with Crippen molar-refractivity contribution in [3.63, 3.8) is 0 Å². The Morgan fingerprint density at radius 1 is 0.706 bits per heavy atom. The molecule has 0 saturated carbocycles. The lowest BCUT2D eigenvalue weighted by atomic mass is 10.0. The van der Waals surface area contributed by atoms with E-state index in [0.717, 1.165) is 48.7 Å². The molecule has 0 aliphatic carbocycles. The van der Waals surface area contributed by atoms with E-state index in [1.807, 2.05) is 18.2 Å². The van der Waals surface area contributed by atoms with Gasteiger partial charge < -0.3 is 10.2 Å². The molecule has 0 aromatic heterocycles. The zero-order chi connectivity index (χ0) is 23.7. The van der Waals surface area contributed by atoms with Crippen molar-refractivity contribution in [3.05, 3.63) is 95.7 Å². The molecule has 172 valence electrons. The van der Waals surface area contributed by atoms with Crippen LogP contribution >= 0.6 is 0 Å². The summed E-state index contributed by atoms with van der Waals surface area (Å²) in [5.41, 5.74) is 2.42. The van der Waals surface area contributed by atoms with Gasteiger partial charge in [0.2, 0.25) is 0 Å². The molecule has 0 spiro atoms. The predicted molar refractivity (Wildman–Crippen MR) is 128 cm³/mol. The van der Waals surface area contributed by atoms with E-state index in [4.69, 9.17) is 0 Å². The van der Waals surface area contributed by atoms with Gasteiger partial charge in [0.25, 0.3) is 11.8 Å². The molecule has 2 heterocycles. The van der Waals surface area contributed by atoms with Crippen molar-refractivity contribution in [2.75, 3.05) is 28.2 Å². The highest BCUT2D eigenvalue weighted by molar-refractivity contribution is 6.46. The number of hydrogen-bond acceptors (Lipinski definition) is 4. The first-order valence-electron chi connectivity index (χ1n) is 11.3. The Morgan fingerprint density at radius 2 is 1.38 bits per heavy atom. The van der Waals surface area contributed by atoms with Crippen LogP contribution in [0.1, 0.15) is 24.8 Å². The van der Waals surface area contributed by atoms with Crippen LogP contribution in [-0.4, -0.2) is 24.9 Å². The van der Waals surface area contributed by atoms with Gasteiger partial charge in [0.05, 0.1) is 11.3 Å². The van der Waals surface area contributed by atoms with E-state index in [1.54, 1.807) is 36.4 Å². The summed E-state index contributed by atoms with van der Waals surface area (Å²) >= 11 is 0. The number of anilines is 3. The molecular formula is C27H23F2N3O2. The van der Waals surface area contributed by atoms with Crippen LogP contribution in [0.5, 0.6) is 0 Å². The summed E-state index contributed by atoms with van der Waals surface area (Å²) in [6, 6.07) is 19.4. The molecule has 5 nitrogen and oxygen atoms in total. The fourth-order valence-corrected chi connectivity index (χ4v) is 4.44. The van der Waals surface area contributed by atoms with Crippen LogP contribution in [0.3, 0.4) is 0 Å².